The van der Waals surface area contributed by atoms with E-state index in [1.54, 1.807) is 10.9 Å². The molecule has 13 heteroatoms. The van der Waals surface area contributed by atoms with Gasteiger partial charge in [-0.1, -0.05) is 11.6 Å². The molecule has 4 rings (SSSR count). The molecule has 0 spiro atoms. The van der Waals surface area contributed by atoms with Crippen molar-refractivity contribution in [3.8, 4) is 10.7 Å². The number of halogens is 2. The molecule has 1 aliphatic heterocycles. The number of amides is 1. The smallest absolute Gasteiger partial charge is 0.280 e. The Bertz CT molecular complexity index is 1240. The zero-order chi connectivity index (χ0) is 22.3. The molecule has 31 heavy (non-hydrogen) atoms. The first-order valence-corrected chi connectivity index (χ1v) is 11.7. The van der Waals surface area contributed by atoms with Crippen LogP contribution in [0.4, 0.5) is 10.1 Å². The predicted molar refractivity (Wildman–Crippen MR) is 115 cm³/mol. The molecule has 0 aliphatic carbocycles. The van der Waals surface area contributed by atoms with Crippen molar-refractivity contribution in [3.63, 3.8) is 0 Å². The number of hydrogen-bond donors (Lipinski definition) is 2. The van der Waals surface area contributed by atoms with Crippen LogP contribution in [0.2, 0.25) is 5.02 Å². The molecule has 1 aromatic carbocycles. The first-order valence-electron chi connectivity index (χ1n) is 9.11. The Labute approximate surface area is 187 Å². The summed E-state index contributed by atoms with van der Waals surface area (Å²) in [6.07, 6.45) is 1.78. The molecule has 1 saturated heterocycles. The Hall–Kier alpha value is -2.38. The third-order valence-electron chi connectivity index (χ3n) is 4.96. The summed E-state index contributed by atoms with van der Waals surface area (Å²) < 4.78 is 44.1. The highest BCUT2D eigenvalue weighted by Crippen LogP contribution is 2.35. The van der Waals surface area contributed by atoms with Crippen LogP contribution in [0.25, 0.3) is 10.7 Å². The molecule has 1 fully saturated rings. The van der Waals surface area contributed by atoms with Gasteiger partial charge in [-0.05, 0) is 36.8 Å². The topological polar surface area (TPSA) is 109 Å². The van der Waals surface area contributed by atoms with Crippen LogP contribution in [0.1, 0.15) is 17.3 Å². The van der Waals surface area contributed by atoms with Crippen LogP contribution in [-0.2, 0) is 22.1 Å². The minimum atomic E-state index is -3.90. The number of rotatable bonds is 4. The van der Waals surface area contributed by atoms with Gasteiger partial charge in [-0.25, -0.2) is 4.39 Å². The molecule has 1 aliphatic rings. The van der Waals surface area contributed by atoms with E-state index in [1.165, 1.54) is 30.5 Å². The Morgan fingerprint density at radius 3 is 2.77 bits per heavy atom. The number of carbonyl (C=O) groups excluding carboxylic acids is 1. The van der Waals surface area contributed by atoms with Gasteiger partial charge in [0, 0.05) is 24.7 Å². The standard InChI is InChI=1S/C18H18ClFN6O3S2/c1-25-9-21-23-17(25)16-6-5-15(30-16)13-8-14(26(2)31(28,29)24-13)18(27)22-10-3-4-12(20)11(19)7-10/h3-7,9,13-14,24H,8H2,1-2H3,(H,22,27). The summed E-state index contributed by atoms with van der Waals surface area (Å²) in [6, 6.07) is 5.84. The zero-order valence-electron chi connectivity index (χ0n) is 16.4. The van der Waals surface area contributed by atoms with E-state index < -0.39 is 34.0 Å². The second-order valence-electron chi connectivity index (χ2n) is 7.03. The summed E-state index contributed by atoms with van der Waals surface area (Å²) in [7, 11) is -0.755. The summed E-state index contributed by atoms with van der Waals surface area (Å²) >= 11 is 7.14. The second kappa shape index (κ2) is 8.28. The van der Waals surface area contributed by atoms with Crippen molar-refractivity contribution in [3.05, 3.63) is 52.4 Å². The molecule has 2 N–H and O–H groups in total. The van der Waals surface area contributed by atoms with Gasteiger partial charge >= 0.3 is 0 Å². The number of aryl methyl sites for hydroxylation is 1. The molecule has 3 aromatic rings. The van der Waals surface area contributed by atoms with Crippen LogP contribution in [0, 0.1) is 5.82 Å². The van der Waals surface area contributed by atoms with Gasteiger partial charge in [0.25, 0.3) is 10.2 Å². The van der Waals surface area contributed by atoms with Crippen molar-refractivity contribution >= 4 is 44.7 Å². The normalized spacial score (nSPS) is 21.2. The zero-order valence-corrected chi connectivity index (χ0v) is 18.8. The molecule has 3 heterocycles. The molecule has 2 unspecified atom stereocenters. The summed E-state index contributed by atoms with van der Waals surface area (Å²) in [5.41, 5.74) is 0.276. The average molecular weight is 485 g/mol. The second-order valence-corrected chi connectivity index (χ2v) is 10.3. The first kappa shape index (κ1) is 21.8. The maximum Gasteiger partial charge on any atom is 0.280 e. The van der Waals surface area contributed by atoms with Gasteiger partial charge in [0.05, 0.1) is 15.9 Å². The molecule has 164 valence electrons. The minimum absolute atomic E-state index is 0.142. The lowest BCUT2D eigenvalue weighted by molar-refractivity contribution is -0.120. The lowest BCUT2D eigenvalue weighted by Crippen LogP contribution is -2.55. The van der Waals surface area contributed by atoms with Crippen LogP contribution >= 0.6 is 22.9 Å². The Kier molecular flexibility index (Phi) is 5.83. The van der Waals surface area contributed by atoms with E-state index in [0.717, 1.165) is 20.1 Å². The largest absolute Gasteiger partial charge is 0.325 e. The van der Waals surface area contributed by atoms with E-state index in [4.69, 9.17) is 11.6 Å². The van der Waals surface area contributed by atoms with Crippen LogP contribution in [-0.4, -0.2) is 46.5 Å². The van der Waals surface area contributed by atoms with Crippen LogP contribution in [0.15, 0.2) is 36.7 Å². The van der Waals surface area contributed by atoms with Gasteiger partial charge in [0.1, 0.15) is 18.2 Å². The fourth-order valence-electron chi connectivity index (χ4n) is 3.26. The Morgan fingerprint density at radius 2 is 2.10 bits per heavy atom. The van der Waals surface area contributed by atoms with E-state index in [1.807, 2.05) is 19.2 Å². The molecule has 0 radical (unpaired) electrons. The molecular formula is C18H18ClFN6O3S2. The highest BCUT2D eigenvalue weighted by atomic mass is 35.5. The maximum atomic E-state index is 13.4. The molecule has 2 atom stereocenters. The third kappa shape index (κ3) is 4.34. The number of anilines is 1. The summed E-state index contributed by atoms with van der Waals surface area (Å²) in [4.78, 5) is 14.5. The quantitative estimate of drug-likeness (QED) is 0.591. The molecule has 1 amide bonds. The lowest BCUT2D eigenvalue weighted by atomic mass is 10.1. The highest BCUT2D eigenvalue weighted by Gasteiger charge is 2.41. The minimum Gasteiger partial charge on any atom is -0.325 e. The fraction of sp³-hybridized carbons (Fsp3) is 0.278. The fourth-order valence-corrected chi connectivity index (χ4v) is 5.88. The van der Waals surface area contributed by atoms with Gasteiger partial charge in [0.15, 0.2) is 5.82 Å². The van der Waals surface area contributed by atoms with Gasteiger partial charge in [-0.15, -0.1) is 21.5 Å². The van der Waals surface area contributed by atoms with E-state index in [2.05, 4.69) is 20.2 Å². The van der Waals surface area contributed by atoms with E-state index in [-0.39, 0.29) is 17.1 Å². The van der Waals surface area contributed by atoms with Crippen molar-refractivity contribution in [2.45, 2.75) is 18.5 Å². The van der Waals surface area contributed by atoms with E-state index >= 15 is 0 Å². The molecule has 0 saturated carbocycles. The molecule has 9 nitrogen and oxygen atoms in total. The number of hydrogen-bond acceptors (Lipinski definition) is 6. The number of benzene rings is 1. The van der Waals surface area contributed by atoms with Gasteiger partial charge in [-0.2, -0.15) is 17.4 Å². The summed E-state index contributed by atoms with van der Waals surface area (Å²) in [5, 5.41) is 10.4. The van der Waals surface area contributed by atoms with E-state index in [9.17, 15) is 17.6 Å². The lowest BCUT2D eigenvalue weighted by Gasteiger charge is -2.35. The number of carbonyl (C=O) groups is 1. The predicted octanol–water partition coefficient (Wildman–Crippen LogP) is 2.55. The summed E-state index contributed by atoms with van der Waals surface area (Å²) in [5.74, 6) is -0.488. The third-order valence-corrected chi connectivity index (χ3v) is 8.04. The maximum absolute atomic E-state index is 13.4. The molecule has 2 aromatic heterocycles. The average Bonchev–Trinajstić information content (AvgIpc) is 3.35. The first-order chi connectivity index (χ1) is 14.7. The number of nitrogens with one attached hydrogen (secondary N) is 2. The van der Waals surface area contributed by atoms with Crippen molar-refractivity contribution in [1.82, 2.24) is 23.8 Å². The van der Waals surface area contributed by atoms with Crippen LogP contribution in [0.5, 0.6) is 0 Å². The van der Waals surface area contributed by atoms with Crippen molar-refractivity contribution in [1.29, 1.82) is 0 Å². The number of likely N-dealkylation sites (N-methyl/N-ethyl adjacent to an activating group) is 1. The van der Waals surface area contributed by atoms with Crippen LogP contribution < -0.4 is 10.0 Å². The van der Waals surface area contributed by atoms with Crippen molar-refractivity contribution in [2.24, 2.45) is 7.05 Å². The summed E-state index contributed by atoms with van der Waals surface area (Å²) in [6.45, 7) is 0. The van der Waals surface area contributed by atoms with E-state index in [0.29, 0.717) is 5.82 Å². The van der Waals surface area contributed by atoms with Crippen LogP contribution in [0.3, 0.4) is 0 Å². The van der Waals surface area contributed by atoms with Gasteiger partial charge < -0.3 is 9.88 Å². The molecule has 0 bridgehead atoms. The number of aromatic nitrogens is 3. The monoisotopic (exact) mass is 484 g/mol. The van der Waals surface area contributed by atoms with Gasteiger partial charge in [0.2, 0.25) is 5.91 Å². The van der Waals surface area contributed by atoms with Gasteiger partial charge in [-0.3, -0.25) is 4.79 Å². The number of nitrogens with zero attached hydrogens (tertiary/aromatic N) is 4. The Balaban J connectivity index is 1.58. The Morgan fingerprint density at radius 1 is 1.32 bits per heavy atom. The van der Waals surface area contributed by atoms with Crippen molar-refractivity contribution < 1.29 is 17.6 Å². The highest BCUT2D eigenvalue weighted by molar-refractivity contribution is 7.87. The molecular weight excluding hydrogens is 467 g/mol. The number of thiophene rings is 1. The SMILES string of the molecule is CN1C(C(=O)Nc2ccc(F)c(Cl)c2)CC(c2ccc(-c3nncn3C)s2)NS1(=O)=O. The van der Waals surface area contributed by atoms with Crippen molar-refractivity contribution in [2.75, 3.05) is 12.4 Å².